The van der Waals surface area contributed by atoms with Crippen molar-refractivity contribution in [3.8, 4) is 0 Å². The lowest BCUT2D eigenvalue weighted by molar-refractivity contribution is 0.0341. The van der Waals surface area contributed by atoms with Crippen molar-refractivity contribution in [1.29, 1.82) is 0 Å². The van der Waals surface area contributed by atoms with E-state index >= 15 is 0 Å². The fraction of sp³-hybridized carbons (Fsp3) is 0.292. The average molecular weight is 483 g/mol. The Labute approximate surface area is 201 Å². The molecule has 1 saturated heterocycles. The van der Waals surface area contributed by atoms with Crippen LogP contribution in [-0.4, -0.2) is 55.4 Å². The minimum absolute atomic E-state index is 0.139. The van der Waals surface area contributed by atoms with E-state index in [1.165, 1.54) is 11.8 Å². The lowest BCUT2D eigenvalue weighted by Crippen LogP contribution is -2.35. The maximum atomic E-state index is 12.7. The summed E-state index contributed by atoms with van der Waals surface area (Å²) in [6, 6.07) is 13.0. The number of benzene rings is 2. The number of carbonyl (C=O) groups is 2. The van der Waals surface area contributed by atoms with Gasteiger partial charge in [0.25, 0.3) is 5.91 Å². The number of thiazole rings is 1. The van der Waals surface area contributed by atoms with E-state index in [0.29, 0.717) is 17.7 Å². The maximum absolute atomic E-state index is 12.7. The first-order valence-corrected chi connectivity index (χ1v) is 12.4. The molecule has 9 heteroatoms. The van der Waals surface area contributed by atoms with Crippen LogP contribution in [0, 0.1) is 0 Å². The number of nitrogens with one attached hydrogen (secondary N) is 2. The second kappa shape index (κ2) is 11.4. The highest BCUT2D eigenvalue weighted by Crippen LogP contribution is 2.35. The third kappa shape index (κ3) is 6.20. The van der Waals surface area contributed by atoms with Crippen molar-refractivity contribution in [3.05, 3.63) is 69.7 Å². The molecule has 1 aliphatic heterocycles. The zero-order valence-corrected chi connectivity index (χ0v) is 20.0. The first-order valence-electron chi connectivity index (χ1n) is 10.7. The summed E-state index contributed by atoms with van der Waals surface area (Å²) in [5.74, 6) is -0.139. The normalized spacial score (nSPS) is 14.1. The average Bonchev–Trinajstić information content (AvgIpc) is 3.31. The number of aromatic nitrogens is 1. The van der Waals surface area contributed by atoms with E-state index in [4.69, 9.17) is 4.74 Å². The standard InChI is InChI=1S/C24H26N4O3S2/c1-25-20-12-17(6-7-22(20)33-21-5-3-2-4-18(21)16-29)24(30)27-14-19-13-26-23(32-19)15-28-8-10-31-11-9-28/h2-7,12-13,16,25H,8-11,14-15H2,1H3,(H,27,30). The van der Waals surface area contributed by atoms with Crippen molar-refractivity contribution in [3.63, 3.8) is 0 Å². The first-order chi connectivity index (χ1) is 16.2. The number of aldehydes is 1. The van der Waals surface area contributed by atoms with Crippen molar-refractivity contribution >= 4 is 41.0 Å². The van der Waals surface area contributed by atoms with E-state index in [-0.39, 0.29) is 5.91 Å². The summed E-state index contributed by atoms with van der Waals surface area (Å²) in [6.07, 6.45) is 2.69. The number of hydrogen-bond donors (Lipinski definition) is 2. The van der Waals surface area contributed by atoms with Crippen LogP contribution in [0.4, 0.5) is 5.69 Å². The van der Waals surface area contributed by atoms with Gasteiger partial charge in [-0.05, 0) is 24.3 Å². The summed E-state index contributed by atoms with van der Waals surface area (Å²) in [5.41, 5.74) is 2.05. The molecule has 3 aromatic rings. The van der Waals surface area contributed by atoms with Crippen molar-refractivity contribution in [2.24, 2.45) is 0 Å². The molecule has 1 aliphatic rings. The van der Waals surface area contributed by atoms with Crippen LogP contribution in [0.1, 0.15) is 30.6 Å². The summed E-state index contributed by atoms with van der Waals surface area (Å²) in [5, 5.41) is 7.19. The zero-order valence-electron chi connectivity index (χ0n) is 18.4. The Hall–Kier alpha value is -2.72. The lowest BCUT2D eigenvalue weighted by atomic mass is 10.2. The van der Waals surface area contributed by atoms with Crippen molar-refractivity contribution < 1.29 is 14.3 Å². The Morgan fingerprint density at radius 2 is 2.03 bits per heavy atom. The van der Waals surface area contributed by atoms with Crippen LogP contribution in [0.3, 0.4) is 0 Å². The molecule has 0 radical (unpaired) electrons. The van der Waals surface area contributed by atoms with Gasteiger partial charge in [0.05, 0.1) is 26.3 Å². The highest BCUT2D eigenvalue weighted by atomic mass is 32.2. The fourth-order valence-electron chi connectivity index (χ4n) is 3.47. The highest BCUT2D eigenvalue weighted by Gasteiger charge is 2.14. The summed E-state index contributed by atoms with van der Waals surface area (Å²) < 4.78 is 5.39. The van der Waals surface area contributed by atoms with Crippen LogP contribution < -0.4 is 10.6 Å². The number of nitrogens with zero attached hydrogens (tertiary/aromatic N) is 2. The highest BCUT2D eigenvalue weighted by molar-refractivity contribution is 7.99. The minimum Gasteiger partial charge on any atom is -0.387 e. The molecule has 4 rings (SSSR count). The Morgan fingerprint density at radius 3 is 2.82 bits per heavy atom. The maximum Gasteiger partial charge on any atom is 0.251 e. The number of anilines is 1. The van der Waals surface area contributed by atoms with E-state index in [1.54, 1.807) is 23.5 Å². The molecule has 1 fully saturated rings. The molecule has 0 aliphatic carbocycles. The second-order valence-corrected chi connectivity index (χ2v) is 9.79. The van der Waals surface area contributed by atoms with Crippen LogP contribution in [0.5, 0.6) is 0 Å². The van der Waals surface area contributed by atoms with Crippen LogP contribution in [0.15, 0.2) is 58.5 Å². The molecular formula is C24H26N4O3S2. The Morgan fingerprint density at radius 1 is 1.21 bits per heavy atom. The second-order valence-electron chi connectivity index (χ2n) is 7.51. The third-order valence-corrected chi connectivity index (χ3v) is 7.41. The number of morpholine rings is 1. The minimum atomic E-state index is -0.139. The van der Waals surface area contributed by atoms with Crippen molar-refractivity contribution in [1.82, 2.24) is 15.2 Å². The monoisotopic (exact) mass is 482 g/mol. The number of hydrogen-bond acceptors (Lipinski definition) is 8. The predicted octanol–water partition coefficient (Wildman–Crippen LogP) is 3.91. The quantitative estimate of drug-likeness (QED) is 0.448. The molecule has 0 bridgehead atoms. The Kier molecular flexibility index (Phi) is 8.11. The molecular weight excluding hydrogens is 456 g/mol. The molecule has 1 amide bonds. The summed E-state index contributed by atoms with van der Waals surface area (Å²) >= 11 is 3.12. The molecule has 2 heterocycles. The predicted molar refractivity (Wildman–Crippen MR) is 131 cm³/mol. The molecule has 7 nitrogen and oxygen atoms in total. The van der Waals surface area contributed by atoms with Gasteiger partial charge in [0, 0.05) is 57.8 Å². The van der Waals surface area contributed by atoms with E-state index in [0.717, 1.165) is 64.5 Å². The van der Waals surface area contributed by atoms with Gasteiger partial charge in [-0.25, -0.2) is 4.98 Å². The molecule has 0 spiro atoms. The topological polar surface area (TPSA) is 83.6 Å². The number of carbonyl (C=O) groups excluding carboxylic acids is 2. The molecule has 2 N–H and O–H groups in total. The number of ether oxygens (including phenoxy) is 1. The summed E-state index contributed by atoms with van der Waals surface area (Å²) in [4.78, 5) is 33.7. The molecule has 0 atom stereocenters. The van der Waals surface area contributed by atoms with Gasteiger partial charge in [0.2, 0.25) is 0 Å². The van der Waals surface area contributed by atoms with Gasteiger partial charge in [-0.1, -0.05) is 30.0 Å². The molecule has 2 aromatic carbocycles. The van der Waals surface area contributed by atoms with Crippen LogP contribution in [-0.2, 0) is 17.8 Å². The van der Waals surface area contributed by atoms with Gasteiger partial charge in [-0.3, -0.25) is 14.5 Å². The number of amides is 1. The van der Waals surface area contributed by atoms with Crippen LogP contribution >= 0.6 is 23.1 Å². The molecule has 1 aromatic heterocycles. The lowest BCUT2D eigenvalue weighted by Gasteiger charge is -2.25. The largest absolute Gasteiger partial charge is 0.387 e. The van der Waals surface area contributed by atoms with Crippen LogP contribution in [0.25, 0.3) is 0 Å². The summed E-state index contributed by atoms with van der Waals surface area (Å²) in [6.45, 7) is 4.65. The van der Waals surface area contributed by atoms with Gasteiger partial charge in [-0.2, -0.15) is 0 Å². The van der Waals surface area contributed by atoms with Crippen molar-refractivity contribution in [2.75, 3.05) is 38.7 Å². The van der Waals surface area contributed by atoms with Gasteiger partial charge >= 0.3 is 0 Å². The van der Waals surface area contributed by atoms with E-state index in [9.17, 15) is 9.59 Å². The molecule has 172 valence electrons. The number of rotatable bonds is 9. The van der Waals surface area contributed by atoms with Gasteiger partial charge in [-0.15, -0.1) is 11.3 Å². The Balaban J connectivity index is 1.37. The van der Waals surface area contributed by atoms with Gasteiger partial charge < -0.3 is 15.4 Å². The van der Waals surface area contributed by atoms with Crippen LogP contribution in [0.2, 0.25) is 0 Å². The molecule has 0 unspecified atom stereocenters. The summed E-state index contributed by atoms with van der Waals surface area (Å²) in [7, 11) is 1.82. The molecule has 0 saturated carbocycles. The van der Waals surface area contributed by atoms with E-state index in [2.05, 4.69) is 20.5 Å². The SMILES string of the molecule is CNc1cc(C(=O)NCc2cnc(CN3CCOCC3)s2)ccc1Sc1ccccc1C=O. The van der Waals surface area contributed by atoms with Crippen molar-refractivity contribution in [2.45, 2.75) is 22.9 Å². The Bertz CT molecular complexity index is 1110. The van der Waals surface area contributed by atoms with Gasteiger partial charge in [0.15, 0.2) is 6.29 Å². The zero-order chi connectivity index (χ0) is 23.0. The smallest absolute Gasteiger partial charge is 0.251 e. The first kappa shape index (κ1) is 23.4. The van der Waals surface area contributed by atoms with E-state index in [1.807, 2.05) is 43.6 Å². The third-order valence-electron chi connectivity index (χ3n) is 5.26. The fourth-order valence-corrected chi connectivity index (χ4v) is 5.40. The van der Waals surface area contributed by atoms with E-state index < -0.39 is 0 Å². The molecule has 33 heavy (non-hydrogen) atoms. The van der Waals surface area contributed by atoms with Gasteiger partial charge in [0.1, 0.15) is 5.01 Å².